The average Bonchev–Trinajstić information content (AvgIpc) is 2.70. The summed E-state index contributed by atoms with van der Waals surface area (Å²) in [6.07, 6.45) is -0.00856. The fraction of sp³-hybridized carbons (Fsp3) is 0.375. The summed E-state index contributed by atoms with van der Waals surface area (Å²) in [6, 6.07) is 2.45. The molecule has 4 rings (SSSR count). The molecule has 0 aromatic heterocycles. The van der Waals surface area contributed by atoms with Crippen LogP contribution >= 0.6 is 0 Å². The summed E-state index contributed by atoms with van der Waals surface area (Å²) in [5, 5.41) is 44.5. The molecule has 0 radical (unpaired) electrons. The number of nitrogens with zero attached hydrogens (tertiary/aromatic N) is 1. The maximum Gasteiger partial charge on any atom is 0.209 e. The first-order chi connectivity index (χ1) is 14.8. The quantitative estimate of drug-likeness (QED) is 0.411. The molecule has 0 saturated heterocycles. The van der Waals surface area contributed by atoms with Gasteiger partial charge in [-0.2, -0.15) is 0 Å². The monoisotopic (exact) mass is 439 g/mol. The third-order valence-corrected chi connectivity index (χ3v) is 6.94. The van der Waals surface area contributed by atoms with Crippen molar-refractivity contribution in [1.29, 1.82) is 0 Å². The Labute approximate surface area is 184 Å². The van der Waals surface area contributed by atoms with Crippen LogP contribution < -0.4 is 0 Å². The van der Waals surface area contributed by atoms with Gasteiger partial charge in [0.2, 0.25) is 11.6 Å². The highest BCUT2D eigenvalue weighted by molar-refractivity contribution is 6.33. The van der Waals surface area contributed by atoms with E-state index in [0.717, 1.165) is 6.92 Å². The number of hydrogen-bond donors (Lipinski definition) is 4. The van der Waals surface area contributed by atoms with Crippen molar-refractivity contribution in [2.75, 3.05) is 14.1 Å². The second kappa shape index (κ2) is 6.88. The lowest BCUT2D eigenvalue weighted by molar-refractivity contribution is -0.140. The van der Waals surface area contributed by atoms with Gasteiger partial charge in [0.25, 0.3) is 0 Å². The van der Waals surface area contributed by atoms with Crippen LogP contribution in [-0.2, 0) is 16.0 Å². The minimum Gasteiger partial charge on any atom is -0.510 e. The van der Waals surface area contributed by atoms with E-state index in [1.54, 1.807) is 45.0 Å². The number of likely N-dealkylation sites (N-methyl/N-ethyl adjacent to an activating group) is 1. The Morgan fingerprint density at radius 2 is 1.69 bits per heavy atom. The van der Waals surface area contributed by atoms with Crippen molar-refractivity contribution >= 4 is 28.1 Å². The Morgan fingerprint density at radius 1 is 1.06 bits per heavy atom. The fourth-order valence-electron chi connectivity index (χ4n) is 5.29. The van der Waals surface area contributed by atoms with Gasteiger partial charge >= 0.3 is 0 Å². The summed E-state index contributed by atoms with van der Waals surface area (Å²) in [6.45, 7) is 4.46. The second-order valence-corrected chi connectivity index (χ2v) is 8.94. The highest BCUT2D eigenvalue weighted by atomic mass is 16.3. The number of aliphatic hydroxyl groups is 2. The molecule has 2 aliphatic carbocycles. The molecule has 0 saturated carbocycles. The van der Waals surface area contributed by atoms with Crippen LogP contribution in [0.4, 0.5) is 0 Å². The largest absolute Gasteiger partial charge is 0.510 e. The Balaban J connectivity index is 2.09. The van der Waals surface area contributed by atoms with Crippen molar-refractivity contribution in [1.82, 2.24) is 4.90 Å². The fourth-order valence-corrected chi connectivity index (χ4v) is 5.29. The predicted molar refractivity (Wildman–Crippen MR) is 116 cm³/mol. The van der Waals surface area contributed by atoms with Crippen LogP contribution in [0.5, 0.6) is 11.5 Å². The zero-order valence-electron chi connectivity index (χ0n) is 18.5. The molecular weight excluding hydrogens is 414 g/mol. The van der Waals surface area contributed by atoms with E-state index in [4.69, 9.17) is 0 Å². The zero-order valence-corrected chi connectivity index (χ0v) is 18.5. The molecule has 0 heterocycles. The molecule has 2 aromatic carbocycles. The van der Waals surface area contributed by atoms with Crippen molar-refractivity contribution < 1.29 is 34.8 Å². The van der Waals surface area contributed by atoms with E-state index in [2.05, 4.69) is 0 Å². The van der Waals surface area contributed by atoms with Gasteiger partial charge in [0.1, 0.15) is 22.8 Å². The van der Waals surface area contributed by atoms with Gasteiger partial charge in [0, 0.05) is 5.92 Å². The molecule has 8 nitrogen and oxygen atoms in total. The van der Waals surface area contributed by atoms with Gasteiger partial charge in [-0.25, -0.2) is 0 Å². The average molecular weight is 439 g/mol. The van der Waals surface area contributed by atoms with Crippen molar-refractivity contribution in [3.8, 4) is 11.5 Å². The van der Waals surface area contributed by atoms with Gasteiger partial charge < -0.3 is 20.4 Å². The number of ketones is 3. The highest BCUT2D eigenvalue weighted by Gasteiger charge is 2.63. The molecule has 0 amide bonds. The van der Waals surface area contributed by atoms with Crippen LogP contribution in [0.15, 0.2) is 23.5 Å². The molecule has 2 aromatic rings. The maximum atomic E-state index is 13.7. The normalized spacial score (nSPS) is 25.3. The summed E-state index contributed by atoms with van der Waals surface area (Å²) in [7, 11) is 3.22. The number of aliphatic hydroxyl groups excluding tert-OH is 1. The summed E-state index contributed by atoms with van der Waals surface area (Å²) < 4.78 is 0. The number of carbonyl (C=O) groups is 3. The van der Waals surface area contributed by atoms with E-state index in [9.17, 15) is 34.8 Å². The number of phenolic OH excluding ortho intramolecular Hbond substituents is 2. The van der Waals surface area contributed by atoms with E-state index < -0.39 is 52.0 Å². The first-order valence-electron chi connectivity index (χ1n) is 10.2. The van der Waals surface area contributed by atoms with Gasteiger partial charge in [-0.15, -0.1) is 0 Å². The molecule has 3 unspecified atom stereocenters. The summed E-state index contributed by atoms with van der Waals surface area (Å²) in [4.78, 5) is 40.7. The number of hydrogen-bond acceptors (Lipinski definition) is 8. The molecule has 3 atom stereocenters. The van der Waals surface area contributed by atoms with Gasteiger partial charge in [-0.3, -0.25) is 19.3 Å². The minimum absolute atomic E-state index is 0.00856. The van der Waals surface area contributed by atoms with E-state index in [1.165, 1.54) is 0 Å². The number of benzene rings is 2. The molecule has 32 heavy (non-hydrogen) atoms. The highest BCUT2D eigenvalue weighted by Crippen LogP contribution is 2.50. The summed E-state index contributed by atoms with van der Waals surface area (Å²) in [5.41, 5.74) is -1.98. The predicted octanol–water partition coefficient (Wildman–Crippen LogP) is 1.87. The number of aryl methyl sites for hydroxylation is 2. The Bertz CT molecular complexity index is 1270. The van der Waals surface area contributed by atoms with Gasteiger partial charge in [-0.1, -0.05) is 12.1 Å². The number of Topliss-reactive ketones (excluding diaryl/α,β-unsaturated/α-hetero) is 3. The van der Waals surface area contributed by atoms with Crippen molar-refractivity contribution in [2.24, 2.45) is 5.92 Å². The van der Waals surface area contributed by atoms with Crippen LogP contribution in [0.2, 0.25) is 0 Å². The van der Waals surface area contributed by atoms with Gasteiger partial charge in [-0.05, 0) is 63.4 Å². The lowest BCUT2D eigenvalue weighted by Gasteiger charge is -2.47. The standard InChI is InChI=1S/C24H25NO7/c1-9-6-7-12-10(2)13-8-14-18(25(4)5)21(29)15(11(3)26)22(30)24(14,32)23(31)17(13)20(28)16(12)19(9)27/h6-7,14,18,27-29,32H,8H2,1-5H3. The number of phenols is 2. The Kier molecular flexibility index (Phi) is 4.73. The van der Waals surface area contributed by atoms with E-state index in [0.29, 0.717) is 22.1 Å². The number of rotatable bonds is 2. The van der Waals surface area contributed by atoms with Gasteiger partial charge in [0.05, 0.1) is 17.0 Å². The number of carbonyl (C=O) groups excluding carboxylic acids is 3. The molecule has 0 aliphatic heterocycles. The third-order valence-electron chi connectivity index (χ3n) is 6.94. The maximum absolute atomic E-state index is 13.7. The molecule has 2 aliphatic rings. The van der Waals surface area contributed by atoms with Crippen LogP contribution in [0.1, 0.15) is 34.0 Å². The SMILES string of the molecule is CC(=O)C1=C(O)C(N(C)C)C2Cc3c(c(O)c4c(O)c(C)ccc4c3C)C(=O)C2(O)C1=O. The van der Waals surface area contributed by atoms with Gasteiger partial charge in [0.15, 0.2) is 11.4 Å². The van der Waals surface area contributed by atoms with Crippen LogP contribution in [-0.4, -0.2) is 68.4 Å². The molecule has 0 fully saturated rings. The molecule has 0 bridgehead atoms. The van der Waals surface area contributed by atoms with Crippen LogP contribution in [0, 0.1) is 19.8 Å². The summed E-state index contributed by atoms with van der Waals surface area (Å²) >= 11 is 0. The Morgan fingerprint density at radius 3 is 2.25 bits per heavy atom. The Hall–Kier alpha value is -3.23. The van der Waals surface area contributed by atoms with Crippen molar-refractivity contribution in [2.45, 2.75) is 38.8 Å². The first kappa shape index (κ1) is 22.0. The van der Waals surface area contributed by atoms with E-state index in [-0.39, 0.29) is 23.1 Å². The van der Waals surface area contributed by atoms with Crippen LogP contribution in [0.3, 0.4) is 0 Å². The second-order valence-electron chi connectivity index (χ2n) is 8.94. The minimum atomic E-state index is -2.65. The zero-order chi connectivity index (χ0) is 23.9. The third kappa shape index (κ3) is 2.53. The molecule has 168 valence electrons. The first-order valence-corrected chi connectivity index (χ1v) is 10.2. The molecule has 8 heteroatoms. The lowest BCUT2D eigenvalue weighted by atomic mass is 9.60. The van der Waals surface area contributed by atoms with Crippen molar-refractivity contribution in [3.63, 3.8) is 0 Å². The smallest absolute Gasteiger partial charge is 0.209 e. The summed E-state index contributed by atoms with van der Waals surface area (Å²) in [5.74, 6) is -5.26. The van der Waals surface area contributed by atoms with Crippen molar-refractivity contribution in [3.05, 3.63) is 45.7 Å². The van der Waals surface area contributed by atoms with E-state index in [1.807, 2.05) is 0 Å². The number of fused-ring (bicyclic) bond motifs is 3. The lowest BCUT2D eigenvalue weighted by Crippen LogP contribution is -2.65. The number of aromatic hydroxyl groups is 2. The topological polar surface area (TPSA) is 135 Å². The molecular formula is C24H25NO7. The molecule has 4 N–H and O–H groups in total. The van der Waals surface area contributed by atoms with Crippen LogP contribution in [0.25, 0.3) is 10.8 Å². The van der Waals surface area contributed by atoms with E-state index >= 15 is 0 Å². The molecule has 0 spiro atoms.